The minimum atomic E-state index is -0.00386. The maximum absolute atomic E-state index is 7.52. The Morgan fingerprint density at radius 3 is 2.18 bits per heavy atom. The van der Waals surface area contributed by atoms with Gasteiger partial charge in [-0.25, -0.2) is 0 Å². The van der Waals surface area contributed by atoms with Crippen molar-refractivity contribution in [1.82, 2.24) is 4.98 Å². The van der Waals surface area contributed by atoms with E-state index in [0.29, 0.717) is 34.2 Å². The number of nitrogens with one attached hydrogen (secondary N) is 1. The third-order valence-corrected chi connectivity index (χ3v) is 3.36. The number of nitrogens with zero attached hydrogens (tertiary/aromatic N) is 1. The summed E-state index contributed by atoms with van der Waals surface area (Å²) in [6.07, 6.45) is 0. The summed E-state index contributed by atoms with van der Waals surface area (Å²) in [7, 11) is 4.69. The molecule has 0 radical (unpaired) electrons. The molecule has 2 aromatic rings. The van der Waals surface area contributed by atoms with Crippen molar-refractivity contribution in [3.63, 3.8) is 0 Å². The Kier molecular flexibility index (Phi) is 4.50. The van der Waals surface area contributed by atoms with Gasteiger partial charge >= 0.3 is 0 Å². The zero-order valence-electron chi connectivity index (χ0n) is 13.1. The lowest BCUT2D eigenvalue weighted by Gasteiger charge is -2.16. The minimum Gasteiger partial charge on any atom is -0.493 e. The number of benzene rings is 1. The van der Waals surface area contributed by atoms with Gasteiger partial charge in [-0.2, -0.15) is 0 Å². The molecule has 1 aromatic heterocycles. The Hall–Kier alpha value is -2.76. The van der Waals surface area contributed by atoms with Gasteiger partial charge in [-0.15, -0.1) is 0 Å². The first-order valence-corrected chi connectivity index (χ1v) is 6.64. The molecule has 0 spiro atoms. The summed E-state index contributed by atoms with van der Waals surface area (Å²) in [5.41, 5.74) is 8.31. The summed E-state index contributed by atoms with van der Waals surface area (Å²) < 4.78 is 16.1. The van der Waals surface area contributed by atoms with Gasteiger partial charge in [0.2, 0.25) is 5.75 Å². The van der Waals surface area contributed by atoms with Gasteiger partial charge < -0.3 is 19.9 Å². The van der Waals surface area contributed by atoms with Gasteiger partial charge in [0, 0.05) is 16.8 Å². The quantitative estimate of drug-likeness (QED) is 0.653. The number of pyridine rings is 1. The highest BCUT2D eigenvalue weighted by atomic mass is 16.5. The largest absolute Gasteiger partial charge is 0.493 e. The van der Waals surface area contributed by atoms with E-state index in [2.05, 4.69) is 4.98 Å². The molecule has 0 fully saturated rings. The molecule has 0 saturated heterocycles. The Balaban J connectivity index is 2.62. The van der Waals surface area contributed by atoms with E-state index >= 15 is 0 Å². The topological polar surface area (TPSA) is 90.5 Å². The van der Waals surface area contributed by atoms with E-state index in [1.165, 1.54) is 0 Å². The molecule has 0 aliphatic heterocycles. The summed E-state index contributed by atoms with van der Waals surface area (Å²) in [4.78, 5) is 4.51. The SMILES string of the molecule is COc1ccc(-c2ccc(C(=N)N)c(C)n2)c(OC)c1OC. The predicted molar refractivity (Wildman–Crippen MR) is 85.1 cm³/mol. The summed E-state index contributed by atoms with van der Waals surface area (Å²) >= 11 is 0. The Bertz CT molecular complexity index is 714. The molecule has 22 heavy (non-hydrogen) atoms. The van der Waals surface area contributed by atoms with Crippen LogP contribution in [-0.2, 0) is 0 Å². The second kappa shape index (κ2) is 6.34. The van der Waals surface area contributed by atoms with Crippen LogP contribution in [0.3, 0.4) is 0 Å². The van der Waals surface area contributed by atoms with E-state index in [-0.39, 0.29) is 5.84 Å². The molecule has 0 saturated carbocycles. The highest BCUT2D eigenvalue weighted by molar-refractivity contribution is 5.96. The van der Waals surface area contributed by atoms with E-state index in [1.807, 2.05) is 13.0 Å². The lowest BCUT2D eigenvalue weighted by Crippen LogP contribution is -2.13. The first-order valence-electron chi connectivity index (χ1n) is 6.64. The zero-order valence-corrected chi connectivity index (χ0v) is 13.1. The van der Waals surface area contributed by atoms with Crippen molar-refractivity contribution in [2.45, 2.75) is 6.92 Å². The van der Waals surface area contributed by atoms with Crippen molar-refractivity contribution in [3.8, 4) is 28.5 Å². The normalized spacial score (nSPS) is 10.2. The molecule has 2 rings (SSSR count). The van der Waals surface area contributed by atoms with Gasteiger partial charge in [-0.3, -0.25) is 10.4 Å². The molecule has 6 nitrogen and oxygen atoms in total. The van der Waals surface area contributed by atoms with E-state index in [4.69, 9.17) is 25.4 Å². The molecule has 0 unspecified atom stereocenters. The number of aromatic nitrogens is 1. The molecule has 6 heteroatoms. The van der Waals surface area contributed by atoms with E-state index in [1.54, 1.807) is 39.5 Å². The minimum absolute atomic E-state index is 0.00386. The molecule has 0 aliphatic rings. The average molecular weight is 301 g/mol. The van der Waals surface area contributed by atoms with Gasteiger partial charge in [0.05, 0.1) is 27.0 Å². The fourth-order valence-electron chi connectivity index (χ4n) is 2.30. The van der Waals surface area contributed by atoms with Crippen LogP contribution in [-0.4, -0.2) is 32.1 Å². The Labute approximate surface area is 129 Å². The van der Waals surface area contributed by atoms with Gasteiger partial charge in [0.25, 0.3) is 0 Å². The third kappa shape index (κ3) is 2.67. The highest BCUT2D eigenvalue weighted by Crippen LogP contribution is 2.43. The lowest BCUT2D eigenvalue weighted by atomic mass is 10.1. The average Bonchev–Trinajstić information content (AvgIpc) is 2.52. The molecule has 3 N–H and O–H groups in total. The maximum atomic E-state index is 7.52. The van der Waals surface area contributed by atoms with Crippen molar-refractivity contribution < 1.29 is 14.2 Å². The Morgan fingerprint density at radius 1 is 1.00 bits per heavy atom. The third-order valence-electron chi connectivity index (χ3n) is 3.36. The van der Waals surface area contributed by atoms with Crippen LogP contribution in [0.2, 0.25) is 0 Å². The van der Waals surface area contributed by atoms with Gasteiger partial charge in [0.15, 0.2) is 11.5 Å². The summed E-state index contributed by atoms with van der Waals surface area (Å²) in [6.45, 7) is 1.81. The van der Waals surface area contributed by atoms with Crippen LogP contribution in [0, 0.1) is 12.3 Å². The molecular formula is C16H19N3O3. The van der Waals surface area contributed by atoms with Gasteiger partial charge in [-0.05, 0) is 31.2 Å². The number of nitrogens with two attached hydrogens (primary N) is 1. The second-order valence-corrected chi connectivity index (χ2v) is 4.63. The first-order chi connectivity index (χ1) is 10.5. The number of hydrogen-bond donors (Lipinski definition) is 2. The molecule has 1 aromatic carbocycles. The maximum Gasteiger partial charge on any atom is 0.203 e. The van der Waals surface area contributed by atoms with Gasteiger partial charge in [-0.1, -0.05) is 0 Å². The van der Waals surface area contributed by atoms with Crippen molar-refractivity contribution >= 4 is 5.84 Å². The van der Waals surface area contributed by atoms with Crippen LogP contribution in [0.4, 0.5) is 0 Å². The van der Waals surface area contributed by atoms with E-state index < -0.39 is 0 Å². The Morgan fingerprint density at radius 2 is 1.68 bits per heavy atom. The second-order valence-electron chi connectivity index (χ2n) is 4.63. The van der Waals surface area contributed by atoms with Gasteiger partial charge in [0.1, 0.15) is 5.84 Å². The number of aryl methyl sites for hydroxylation is 1. The summed E-state index contributed by atoms with van der Waals surface area (Å²) in [5, 5.41) is 7.52. The van der Waals surface area contributed by atoms with Crippen molar-refractivity contribution in [2.75, 3.05) is 21.3 Å². The van der Waals surface area contributed by atoms with Crippen LogP contribution in [0.15, 0.2) is 24.3 Å². The monoisotopic (exact) mass is 301 g/mol. The number of nitrogen functional groups attached to an aromatic ring is 1. The fraction of sp³-hybridized carbons (Fsp3) is 0.250. The fourth-order valence-corrected chi connectivity index (χ4v) is 2.30. The number of amidine groups is 1. The van der Waals surface area contributed by atoms with E-state index in [0.717, 1.165) is 5.56 Å². The molecule has 0 amide bonds. The van der Waals surface area contributed by atoms with Crippen molar-refractivity contribution in [2.24, 2.45) is 5.73 Å². The highest BCUT2D eigenvalue weighted by Gasteiger charge is 2.18. The lowest BCUT2D eigenvalue weighted by molar-refractivity contribution is 0.325. The summed E-state index contributed by atoms with van der Waals surface area (Å²) in [6, 6.07) is 7.23. The predicted octanol–water partition coefficient (Wildman–Crippen LogP) is 2.37. The molecule has 0 bridgehead atoms. The molecule has 0 aliphatic carbocycles. The van der Waals surface area contributed by atoms with Crippen molar-refractivity contribution in [3.05, 3.63) is 35.5 Å². The van der Waals surface area contributed by atoms with Crippen LogP contribution in [0.1, 0.15) is 11.3 Å². The molecule has 116 valence electrons. The van der Waals surface area contributed by atoms with Crippen LogP contribution in [0.5, 0.6) is 17.2 Å². The van der Waals surface area contributed by atoms with Crippen LogP contribution < -0.4 is 19.9 Å². The summed E-state index contributed by atoms with van der Waals surface area (Å²) in [5.74, 6) is 1.64. The molecule has 1 heterocycles. The number of ether oxygens (including phenoxy) is 3. The number of methoxy groups -OCH3 is 3. The molecule has 0 atom stereocenters. The van der Waals surface area contributed by atoms with Crippen molar-refractivity contribution in [1.29, 1.82) is 5.41 Å². The number of hydrogen-bond acceptors (Lipinski definition) is 5. The smallest absolute Gasteiger partial charge is 0.203 e. The van der Waals surface area contributed by atoms with Crippen LogP contribution >= 0.6 is 0 Å². The van der Waals surface area contributed by atoms with Crippen LogP contribution in [0.25, 0.3) is 11.3 Å². The number of rotatable bonds is 5. The standard InChI is InChI=1S/C16H19N3O3/c1-9-10(16(17)18)5-7-12(19-9)11-6-8-13(20-2)15(22-4)14(11)21-3/h5-8H,1-4H3,(H3,17,18). The first kappa shape index (κ1) is 15.6. The zero-order chi connectivity index (χ0) is 16.3. The van der Waals surface area contributed by atoms with E-state index in [9.17, 15) is 0 Å². The molecular weight excluding hydrogens is 282 g/mol.